The molecule has 0 unspecified atom stereocenters. The number of aryl methyl sites for hydroxylation is 1. The van der Waals surface area contributed by atoms with Crippen LogP contribution in [0.2, 0.25) is 0 Å². The maximum absolute atomic E-state index is 12.3. The maximum atomic E-state index is 12.3. The Morgan fingerprint density at radius 2 is 1.58 bits per heavy atom. The van der Waals surface area contributed by atoms with Crippen LogP contribution in [0, 0.1) is 0 Å². The van der Waals surface area contributed by atoms with Gasteiger partial charge in [-0.3, -0.25) is 9.59 Å². The molecule has 7 nitrogen and oxygen atoms in total. The molecule has 0 bridgehead atoms. The quantitative estimate of drug-likeness (QED) is 0.428. The van der Waals surface area contributed by atoms with E-state index < -0.39 is 21.5 Å². The van der Waals surface area contributed by atoms with E-state index >= 15 is 0 Å². The molecule has 2 rings (SSSR count). The van der Waals surface area contributed by atoms with Crippen LogP contribution in [0.3, 0.4) is 0 Å². The number of benzene rings is 2. The molecule has 0 spiro atoms. The Kier molecular flexibility index (Phi) is 8.76. The number of ether oxygens (including phenoxy) is 1. The summed E-state index contributed by atoms with van der Waals surface area (Å²) < 4.78 is 32.3. The summed E-state index contributed by atoms with van der Waals surface area (Å²) in [6.45, 7) is 5.59. The highest BCUT2D eigenvalue weighted by molar-refractivity contribution is 7.89. The minimum Gasteiger partial charge on any atom is -0.466 e. The van der Waals surface area contributed by atoms with Crippen molar-refractivity contribution in [2.75, 3.05) is 11.9 Å². The average Bonchev–Trinajstić information content (AvgIpc) is 2.69. The standard InChI is InChI=1S/C23H30N2O5S/c1-23(2,3)25-31(28,29)20-13-11-19(12-14-20)24-21(26)15-16-22(27)30-17-7-10-18-8-5-4-6-9-18/h4-6,8-9,11-14,25H,7,10,15-17H2,1-3H3,(H,24,26). The number of carbonyl (C=O) groups is 2. The zero-order valence-electron chi connectivity index (χ0n) is 18.2. The van der Waals surface area contributed by atoms with E-state index in [1.165, 1.54) is 29.8 Å². The van der Waals surface area contributed by atoms with Gasteiger partial charge in [-0.05, 0) is 63.4 Å². The number of hydrogen-bond acceptors (Lipinski definition) is 5. The molecular weight excluding hydrogens is 416 g/mol. The van der Waals surface area contributed by atoms with Crippen molar-refractivity contribution < 1.29 is 22.7 Å². The van der Waals surface area contributed by atoms with Crippen LogP contribution in [-0.2, 0) is 30.8 Å². The van der Waals surface area contributed by atoms with Crippen molar-refractivity contribution in [2.24, 2.45) is 0 Å². The van der Waals surface area contributed by atoms with Crippen molar-refractivity contribution >= 4 is 27.6 Å². The largest absolute Gasteiger partial charge is 0.466 e. The van der Waals surface area contributed by atoms with Crippen LogP contribution >= 0.6 is 0 Å². The van der Waals surface area contributed by atoms with E-state index in [4.69, 9.17) is 4.74 Å². The highest BCUT2D eigenvalue weighted by Gasteiger charge is 2.21. The molecule has 0 saturated carbocycles. The molecule has 168 valence electrons. The van der Waals surface area contributed by atoms with Crippen molar-refractivity contribution in [3.8, 4) is 0 Å². The normalized spacial score (nSPS) is 11.7. The van der Waals surface area contributed by atoms with E-state index in [2.05, 4.69) is 10.0 Å². The van der Waals surface area contributed by atoms with Gasteiger partial charge in [0.1, 0.15) is 0 Å². The first-order chi connectivity index (χ1) is 14.5. The van der Waals surface area contributed by atoms with Gasteiger partial charge in [-0.1, -0.05) is 30.3 Å². The van der Waals surface area contributed by atoms with Crippen LogP contribution in [0.1, 0.15) is 45.6 Å². The molecule has 31 heavy (non-hydrogen) atoms. The van der Waals surface area contributed by atoms with Gasteiger partial charge in [0.25, 0.3) is 0 Å². The molecule has 0 aromatic heterocycles. The monoisotopic (exact) mass is 446 g/mol. The van der Waals surface area contributed by atoms with Gasteiger partial charge < -0.3 is 10.1 Å². The number of carbonyl (C=O) groups excluding carboxylic acids is 2. The van der Waals surface area contributed by atoms with Gasteiger partial charge in [-0.25, -0.2) is 13.1 Å². The third-order valence-corrected chi connectivity index (χ3v) is 5.93. The Balaban J connectivity index is 1.71. The fourth-order valence-electron chi connectivity index (χ4n) is 2.80. The Morgan fingerprint density at radius 3 is 2.19 bits per heavy atom. The van der Waals surface area contributed by atoms with Crippen molar-refractivity contribution in [1.82, 2.24) is 4.72 Å². The first-order valence-corrected chi connectivity index (χ1v) is 11.7. The Morgan fingerprint density at radius 1 is 0.935 bits per heavy atom. The number of hydrogen-bond donors (Lipinski definition) is 2. The average molecular weight is 447 g/mol. The second-order valence-electron chi connectivity index (χ2n) is 8.24. The van der Waals surface area contributed by atoms with E-state index in [0.717, 1.165) is 12.8 Å². The summed E-state index contributed by atoms with van der Waals surface area (Å²) in [5.41, 5.74) is 1.05. The third kappa shape index (κ3) is 9.31. The minimum absolute atomic E-state index is 0.0108. The number of sulfonamides is 1. The third-order valence-electron chi connectivity index (χ3n) is 4.16. The lowest BCUT2D eigenvalue weighted by Crippen LogP contribution is -2.40. The molecule has 0 radical (unpaired) electrons. The molecular formula is C23H30N2O5S. The number of esters is 1. The first-order valence-electron chi connectivity index (χ1n) is 10.2. The summed E-state index contributed by atoms with van der Waals surface area (Å²) in [5, 5.41) is 2.65. The molecule has 2 aromatic rings. The molecule has 0 fully saturated rings. The topological polar surface area (TPSA) is 102 Å². The molecule has 8 heteroatoms. The molecule has 0 saturated heterocycles. The van der Waals surface area contributed by atoms with Gasteiger partial charge in [0.15, 0.2) is 0 Å². The van der Waals surface area contributed by atoms with Gasteiger partial charge >= 0.3 is 5.97 Å². The van der Waals surface area contributed by atoms with Gasteiger partial charge in [0.05, 0.1) is 17.9 Å². The van der Waals surface area contributed by atoms with Crippen LogP contribution in [0.5, 0.6) is 0 Å². The Bertz CT molecular complexity index is 965. The van der Waals surface area contributed by atoms with Crippen molar-refractivity contribution in [3.63, 3.8) is 0 Å². The SMILES string of the molecule is CC(C)(C)NS(=O)(=O)c1ccc(NC(=O)CCC(=O)OCCCc2ccccc2)cc1. The molecule has 0 aliphatic heterocycles. The van der Waals surface area contributed by atoms with E-state index in [-0.39, 0.29) is 23.6 Å². The molecule has 0 heterocycles. The van der Waals surface area contributed by atoms with Crippen LogP contribution in [0.4, 0.5) is 5.69 Å². The summed E-state index contributed by atoms with van der Waals surface area (Å²) in [4.78, 5) is 24.0. The fourth-order valence-corrected chi connectivity index (χ4v) is 4.22. The van der Waals surface area contributed by atoms with Crippen LogP contribution in [0.15, 0.2) is 59.5 Å². The predicted molar refractivity (Wildman–Crippen MR) is 120 cm³/mol. The molecule has 2 N–H and O–H groups in total. The molecule has 0 aliphatic carbocycles. The van der Waals surface area contributed by atoms with E-state index in [1.54, 1.807) is 20.8 Å². The summed E-state index contributed by atoms with van der Waals surface area (Å²) in [6.07, 6.45) is 1.52. The van der Waals surface area contributed by atoms with Gasteiger partial charge in [0.2, 0.25) is 15.9 Å². The van der Waals surface area contributed by atoms with E-state index in [1.807, 2.05) is 30.3 Å². The second kappa shape index (κ2) is 11.1. The van der Waals surface area contributed by atoms with Crippen LogP contribution in [0.25, 0.3) is 0 Å². The van der Waals surface area contributed by atoms with Crippen molar-refractivity contribution in [1.29, 1.82) is 0 Å². The molecule has 2 aromatic carbocycles. The van der Waals surface area contributed by atoms with Gasteiger partial charge in [0, 0.05) is 17.6 Å². The molecule has 0 atom stereocenters. The Labute approximate surface area is 184 Å². The number of rotatable bonds is 10. The van der Waals surface area contributed by atoms with Crippen molar-refractivity contribution in [2.45, 2.75) is 56.9 Å². The predicted octanol–water partition coefficient (Wildman–Crippen LogP) is 3.66. The highest BCUT2D eigenvalue weighted by Crippen LogP contribution is 2.16. The van der Waals surface area contributed by atoms with Crippen LogP contribution < -0.4 is 10.0 Å². The van der Waals surface area contributed by atoms with Gasteiger partial charge in [-0.15, -0.1) is 0 Å². The minimum atomic E-state index is -3.64. The fraction of sp³-hybridized carbons (Fsp3) is 0.391. The Hall–Kier alpha value is -2.71. The lowest BCUT2D eigenvalue weighted by Gasteiger charge is -2.20. The van der Waals surface area contributed by atoms with E-state index in [0.29, 0.717) is 12.3 Å². The zero-order chi connectivity index (χ0) is 22.9. The van der Waals surface area contributed by atoms with E-state index in [9.17, 15) is 18.0 Å². The lowest BCUT2D eigenvalue weighted by molar-refractivity contribution is -0.144. The summed E-state index contributed by atoms with van der Waals surface area (Å²) in [6, 6.07) is 15.8. The van der Waals surface area contributed by atoms with Gasteiger partial charge in [-0.2, -0.15) is 0 Å². The molecule has 1 amide bonds. The number of amides is 1. The zero-order valence-corrected chi connectivity index (χ0v) is 19.0. The van der Waals surface area contributed by atoms with Crippen molar-refractivity contribution in [3.05, 3.63) is 60.2 Å². The summed E-state index contributed by atoms with van der Waals surface area (Å²) in [5.74, 6) is -0.762. The lowest BCUT2D eigenvalue weighted by atomic mass is 10.1. The smallest absolute Gasteiger partial charge is 0.306 e. The highest BCUT2D eigenvalue weighted by atomic mass is 32.2. The first kappa shape index (κ1) is 24.6. The number of nitrogens with one attached hydrogen (secondary N) is 2. The second-order valence-corrected chi connectivity index (χ2v) is 9.92. The van der Waals surface area contributed by atoms with Crippen LogP contribution in [-0.4, -0.2) is 32.4 Å². The summed E-state index contributed by atoms with van der Waals surface area (Å²) in [7, 11) is -3.64. The number of anilines is 1. The summed E-state index contributed by atoms with van der Waals surface area (Å²) >= 11 is 0. The molecule has 0 aliphatic rings. The maximum Gasteiger partial charge on any atom is 0.306 e.